The Bertz CT molecular complexity index is 725. The lowest BCUT2D eigenvalue weighted by Crippen LogP contribution is -2.45. The minimum atomic E-state index is -0.881. The molecule has 0 aliphatic carbocycles. The minimum Gasteiger partial charge on any atom is -0.372 e. The van der Waals surface area contributed by atoms with Crippen molar-refractivity contribution >= 4 is 11.7 Å². The van der Waals surface area contributed by atoms with Crippen LogP contribution in [0.2, 0.25) is 0 Å². The number of amides is 2. The van der Waals surface area contributed by atoms with E-state index < -0.39 is 11.6 Å². The van der Waals surface area contributed by atoms with Crippen LogP contribution in [0.5, 0.6) is 0 Å². The van der Waals surface area contributed by atoms with Crippen LogP contribution in [0.4, 0.5) is 19.3 Å². The number of nitrogens with zero attached hydrogens (tertiary/aromatic N) is 1. The van der Waals surface area contributed by atoms with E-state index in [2.05, 4.69) is 5.32 Å². The largest absolute Gasteiger partial charge is 0.372 e. The molecule has 2 aromatic rings. The summed E-state index contributed by atoms with van der Waals surface area (Å²) in [5.74, 6) is -1.76. The number of para-hydroxylation sites is 1. The lowest BCUT2D eigenvalue weighted by Gasteiger charge is -2.32. The number of piperidine rings is 1. The zero-order valence-corrected chi connectivity index (χ0v) is 13.8. The first-order valence-electron chi connectivity index (χ1n) is 8.29. The summed E-state index contributed by atoms with van der Waals surface area (Å²) in [5.41, 5.74) is 0.920. The molecular weight excluding hydrogens is 326 g/mol. The van der Waals surface area contributed by atoms with E-state index in [0.29, 0.717) is 13.1 Å². The molecule has 1 saturated heterocycles. The fourth-order valence-electron chi connectivity index (χ4n) is 2.85. The maximum Gasteiger partial charge on any atom is 0.321 e. The number of nitrogens with one attached hydrogen (secondary N) is 1. The number of benzene rings is 2. The van der Waals surface area contributed by atoms with Gasteiger partial charge in [0.15, 0.2) is 11.6 Å². The van der Waals surface area contributed by atoms with Crippen LogP contribution in [-0.4, -0.2) is 30.1 Å². The molecule has 0 bridgehead atoms. The molecule has 3 rings (SSSR count). The van der Waals surface area contributed by atoms with Crippen LogP contribution in [-0.2, 0) is 11.3 Å². The van der Waals surface area contributed by atoms with Gasteiger partial charge < -0.3 is 15.0 Å². The van der Waals surface area contributed by atoms with Gasteiger partial charge in [-0.2, -0.15) is 0 Å². The monoisotopic (exact) mass is 346 g/mol. The van der Waals surface area contributed by atoms with Crippen molar-refractivity contribution < 1.29 is 18.3 Å². The summed E-state index contributed by atoms with van der Waals surface area (Å²) in [7, 11) is 0. The summed E-state index contributed by atoms with van der Waals surface area (Å²) in [6.07, 6.45) is 1.39. The summed E-state index contributed by atoms with van der Waals surface area (Å²) in [5, 5.41) is 2.84. The molecule has 0 saturated carbocycles. The number of hydrogen-bond acceptors (Lipinski definition) is 2. The second kappa shape index (κ2) is 8.07. The van der Waals surface area contributed by atoms with Gasteiger partial charge in [-0.3, -0.25) is 0 Å². The average molecular weight is 346 g/mol. The maximum atomic E-state index is 13.7. The summed E-state index contributed by atoms with van der Waals surface area (Å²) in [6.45, 7) is 1.06. The highest BCUT2D eigenvalue weighted by molar-refractivity contribution is 5.89. The Morgan fingerprint density at radius 1 is 1.16 bits per heavy atom. The third kappa shape index (κ3) is 4.54. The Hall–Kier alpha value is -2.47. The van der Waals surface area contributed by atoms with Gasteiger partial charge in [-0.05, 0) is 31.0 Å². The molecule has 1 heterocycles. The van der Waals surface area contributed by atoms with Crippen molar-refractivity contribution in [2.24, 2.45) is 0 Å². The van der Waals surface area contributed by atoms with Gasteiger partial charge >= 0.3 is 6.03 Å². The van der Waals surface area contributed by atoms with Crippen molar-refractivity contribution in [3.63, 3.8) is 0 Å². The fraction of sp³-hybridized carbons (Fsp3) is 0.316. The highest BCUT2D eigenvalue weighted by atomic mass is 19.2. The molecule has 2 aromatic carbocycles. The Morgan fingerprint density at radius 2 is 1.96 bits per heavy atom. The quantitative estimate of drug-likeness (QED) is 0.902. The molecule has 1 aliphatic rings. The molecular formula is C19H20F2N2O2. The van der Waals surface area contributed by atoms with Crippen molar-refractivity contribution in [3.8, 4) is 0 Å². The number of likely N-dealkylation sites (tertiary alicyclic amines) is 1. The fourth-order valence-corrected chi connectivity index (χ4v) is 2.85. The summed E-state index contributed by atoms with van der Waals surface area (Å²) < 4.78 is 32.6. The summed E-state index contributed by atoms with van der Waals surface area (Å²) in [6, 6.07) is 13.1. The predicted octanol–water partition coefficient (Wildman–Crippen LogP) is 4.18. The summed E-state index contributed by atoms with van der Waals surface area (Å²) in [4.78, 5) is 14.0. The highest BCUT2D eigenvalue weighted by Gasteiger charge is 2.24. The van der Waals surface area contributed by atoms with Crippen LogP contribution < -0.4 is 5.32 Å². The Morgan fingerprint density at radius 3 is 2.76 bits per heavy atom. The van der Waals surface area contributed by atoms with E-state index in [0.717, 1.165) is 24.6 Å². The lowest BCUT2D eigenvalue weighted by atomic mass is 10.1. The second-order valence-electron chi connectivity index (χ2n) is 6.03. The molecule has 4 nitrogen and oxygen atoms in total. The third-order valence-corrected chi connectivity index (χ3v) is 4.20. The van der Waals surface area contributed by atoms with E-state index in [9.17, 15) is 13.6 Å². The van der Waals surface area contributed by atoms with Crippen molar-refractivity contribution in [2.45, 2.75) is 25.6 Å². The van der Waals surface area contributed by atoms with Gasteiger partial charge in [0.05, 0.1) is 12.7 Å². The number of hydrogen-bond donors (Lipinski definition) is 1. The molecule has 1 fully saturated rings. The highest BCUT2D eigenvalue weighted by Crippen LogP contribution is 2.18. The van der Waals surface area contributed by atoms with Gasteiger partial charge in [0.1, 0.15) is 0 Å². The molecule has 1 atom stereocenters. The van der Waals surface area contributed by atoms with Gasteiger partial charge in [0.25, 0.3) is 0 Å². The molecule has 1 N–H and O–H groups in total. The Kier molecular flexibility index (Phi) is 5.60. The maximum absolute atomic E-state index is 13.7. The topological polar surface area (TPSA) is 41.6 Å². The van der Waals surface area contributed by atoms with Gasteiger partial charge in [0.2, 0.25) is 0 Å². The van der Waals surface area contributed by atoms with Crippen molar-refractivity contribution in [3.05, 3.63) is 65.7 Å². The molecule has 0 spiro atoms. The Balaban J connectivity index is 1.54. The van der Waals surface area contributed by atoms with Crippen LogP contribution in [0, 0.1) is 11.6 Å². The van der Waals surface area contributed by atoms with E-state index in [1.54, 1.807) is 4.90 Å². The van der Waals surface area contributed by atoms with Crippen LogP contribution in [0.15, 0.2) is 48.5 Å². The first-order chi connectivity index (χ1) is 12.1. The number of ether oxygens (including phenoxy) is 1. The lowest BCUT2D eigenvalue weighted by molar-refractivity contribution is -0.000229. The number of rotatable bonds is 4. The smallest absolute Gasteiger partial charge is 0.321 e. The van der Waals surface area contributed by atoms with Gasteiger partial charge in [0, 0.05) is 24.3 Å². The van der Waals surface area contributed by atoms with Crippen molar-refractivity contribution in [1.82, 2.24) is 4.90 Å². The van der Waals surface area contributed by atoms with Crippen LogP contribution in [0.3, 0.4) is 0 Å². The zero-order chi connectivity index (χ0) is 17.6. The molecule has 1 unspecified atom stereocenters. The predicted molar refractivity (Wildman–Crippen MR) is 91.2 cm³/mol. The van der Waals surface area contributed by atoms with Crippen LogP contribution >= 0.6 is 0 Å². The standard InChI is InChI=1S/C19H20F2N2O2/c20-17-10-4-6-14(18(17)21)13-25-16-9-5-11-23(12-16)19(24)22-15-7-2-1-3-8-15/h1-4,6-8,10,16H,5,9,11-13H2,(H,22,24). The van der Waals surface area contributed by atoms with E-state index in [4.69, 9.17) is 4.74 Å². The first kappa shape index (κ1) is 17.4. The molecule has 132 valence electrons. The van der Waals surface area contributed by atoms with Crippen molar-refractivity contribution in [2.75, 3.05) is 18.4 Å². The number of carbonyl (C=O) groups excluding carboxylic acids is 1. The number of halogens is 2. The van der Waals surface area contributed by atoms with E-state index in [-0.39, 0.29) is 24.3 Å². The second-order valence-corrected chi connectivity index (χ2v) is 6.03. The molecule has 6 heteroatoms. The van der Waals surface area contributed by atoms with E-state index in [1.165, 1.54) is 12.1 Å². The Labute approximate surface area is 145 Å². The van der Waals surface area contributed by atoms with E-state index >= 15 is 0 Å². The molecule has 25 heavy (non-hydrogen) atoms. The zero-order valence-electron chi connectivity index (χ0n) is 13.8. The third-order valence-electron chi connectivity index (χ3n) is 4.20. The van der Waals surface area contributed by atoms with Crippen LogP contribution in [0.25, 0.3) is 0 Å². The summed E-state index contributed by atoms with van der Waals surface area (Å²) >= 11 is 0. The number of carbonyl (C=O) groups is 1. The number of anilines is 1. The van der Waals surface area contributed by atoms with Gasteiger partial charge in [-0.15, -0.1) is 0 Å². The van der Waals surface area contributed by atoms with Crippen molar-refractivity contribution in [1.29, 1.82) is 0 Å². The van der Waals surface area contributed by atoms with Gasteiger partial charge in [-0.25, -0.2) is 13.6 Å². The van der Waals surface area contributed by atoms with Crippen LogP contribution in [0.1, 0.15) is 18.4 Å². The normalized spacial score (nSPS) is 17.4. The molecule has 0 radical (unpaired) electrons. The van der Waals surface area contributed by atoms with E-state index in [1.807, 2.05) is 30.3 Å². The average Bonchev–Trinajstić information content (AvgIpc) is 2.64. The first-order valence-corrected chi connectivity index (χ1v) is 8.29. The molecule has 2 amide bonds. The van der Waals surface area contributed by atoms with Gasteiger partial charge in [-0.1, -0.05) is 30.3 Å². The molecule has 1 aliphatic heterocycles. The molecule has 0 aromatic heterocycles. The minimum absolute atomic E-state index is 0.0115. The number of urea groups is 1. The SMILES string of the molecule is O=C(Nc1ccccc1)N1CCCC(OCc2cccc(F)c2F)C1.